The number of hydrogen-bond acceptors (Lipinski definition) is 2. The van der Waals surface area contributed by atoms with Crippen LogP contribution >= 0.6 is 38.5 Å². The van der Waals surface area contributed by atoms with Crippen LogP contribution < -0.4 is 10.6 Å². The highest BCUT2D eigenvalue weighted by Gasteiger charge is 2.04. The molecule has 0 aromatic heterocycles. The second kappa shape index (κ2) is 5.67. The number of nitrogens with one attached hydrogen (secondary N) is 2. The lowest BCUT2D eigenvalue weighted by Gasteiger charge is -2.07. The fraction of sp³-hybridized carbons (Fsp3) is 0.222. The van der Waals surface area contributed by atoms with E-state index in [9.17, 15) is 4.79 Å². The molecular formula is C9H10BrIN2O. The molecule has 0 spiro atoms. The summed E-state index contributed by atoms with van der Waals surface area (Å²) >= 11 is 5.54. The maximum absolute atomic E-state index is 11.3. The molecule has 2 N–H and O–H groups in total. The van der Waals surface area contributed by atoms with Crippen molar-refractivity contribution in [3.05, 3.63) is 26.2 Å². The molecule has 1 amide bonds. The number of carbonyl (C=O) groups excluding carboxylic acids is 1. The van der Waals surface area contributed by atoms with E-state index in [0.717, 1.165) is 13.7 Å². The molecule has 3 nitrogen and oxygen atoms in total. The summed E-state index contributed by atoms with van der Waals surface area (Å²) in [4.78, 5) is 11.3. The van der Waals surface area contributed by atoms with E-state index in [1.54, 1.807) is 7.05 Å². The Morgan fingerprint density at radius 3 is 2.93 bits per heavy atom. The minimum Gasteiger partial charge on any atom is -0.324 e. The molecule has 0 aliphatic heterocycles. The number of benzene rings is 1. The summed E-state index contributed by atoms with van der Waals surface area (Å²) in [5.74, 6) is -0.0384. The molecule has 0 heterocycles. The Labute approximate surface area is 105 Å². The van der Waals surface area contributed by atoms with Crippen LogP contribution in [0.15, 0.2) is 22.7 Å². The molecule has 0 radical (unpaired) electrons. The summed E-state index contributed by atoms with van der Waals surface area (Å²) in [7, 11) is 1.74. The Morgan fingerprint density at radius 1 is 1.57 bits per heavy atom. The topological polar surface area (TPSA) is 41.1 Å². The first kappa shape index (κ1) is 11.9. The fourth-order valence-electron chi connectivity index (χ4n) is 0.948. The van der Waals surface area contributed by atoms with Gasteiger partial charge in [0.25, 0.3) is 0 Å². The molecule has 14 heavy (non-hydrogen) atoms. The molecule has 0 aliphatic rings. The van der Waals surface area contributed by atoms with E-state index in [0.29, 0.717) is 6.54 Å². The van der Waals surface area contributed by atoms with E-state index in [4.69, 9.17) is 0 Å². The molecule has 0 saturated carbocycles. The van der Waals surface area contributed by atoms with E-state index in [1.807, 2.05) is 18.2 Å². The first-order valence-electron chi connectivity index (χ1n) is 4.03. The first-order valence-corrected chi connectivity index (χ1v) is 5.90. The summed E-state index contributed by atoms with van der Waals surface area (Å²) in [6.45, 7) is 0.322. The second-order valence-corrected chi connectivity index (χ2v) is 4.78. The van der Waals surface area contributed by atoms with Crippen molar-refractivity contribution in [1.29, 1.82) is 0 Å². The maximum atomic E-state index is 11.3. The summed E-state index contributed by atoms with van der Waals surface area (Å²) in [6.07, 6.45) is 0. The van der Waals surface area contributed by atoms with Gasteiger partial charge in [-0.2, -0.15) is 0 Å². The van der Waals surface area contributed by atoms with E-state index in [-0.39, 0.29) is 5.91 Å². The normalized spacial score (nSPS) is 9.93. The second-order valence-electron chi connectivity index (χ2n) is 2.70. The van der Waals surface area contributed by atoms with Gasteiger partial charge < -0.3 is 10.6 Å². The lowest BCUT2D eigenvalue weighted by molar-refractivity contribution is -0.115. The van der Waals surface area contributed by atoms with Gasteiger partial charge >= 0.3 is 0 Å². The van der Waals surface area contributed by atoms with Gasteiger partial charge in [-0.1, -0.05) is 15.9 Å². The van der Waals surface area contributed by atoms with Crippen LogP contribution in [0.4, 0.5) is 5.69 Å². The highest BCUT2D eigenvalue weighted by Crippen LogP contribution is 2.22. The summed E-state index contributed by atoms with van der Waals surface area (Å²) in [5.41, 5.74) is 0.834. The van der Waals surface area contributed by atoms with Crippen LogP contribution in [-0.4, -0.2) is 19.5 Å². The summed E-state index contributed by atoms with van der Waals surface area (Å²) < 4.78 is 1.98. The van der Waals surface area contributed by atoms with E-state index in [2.05, 4.69) is 49.2 Å². The van der Waals surface area contributed by atoms with E-state index < -0.39 is 0 Å². The van der Waals surface area contributed by atoms with Crippen molar-refractivity contribution in [3.8, 4) is 0 Å². The monoisotopic (exact) mass is 368 g/mol. The maximum Gasteiger partial charge on any atom is 0.238 e. The summed E-state index contributed by atoms with van der Waals surface area (Å²) in [5, 5.41) is 5.61. The van der Waals surface area contributed by atoms with Crippen molar-refractivity contribution in [2.45, 2.75) is 0 Å². The third kappa shape index (κ3) is 3.55. The SMILES string of the molecule is CNCC(=O)Nc1cc(Br)ccc1I. The lowest BCUT2D eigenvalue weighted by atomic mass is 10.3. The van der Waals surface area contributed by atoms with Crippen LogP contribution in [0.5, 0.6) is 0 Å². The molecule has 1 aromatic rings. The van der Waals surface area contributed by atoms with Gasteiger partial charge in [-0.05, 0) is 47.8 Å². The van der Waals surface area contributed by atoms with Crippen molar-refractivity contribution in [2.24, 2.45) is 0 Å². The zero-order valence-corrected chi connectivity index (χ0v) is 11.3. The number of halogens is 2. The number of anilines is 1. The molecule has 5 heteroatoms. The molecule has 0 saturated heterocycles. The number of hydrogen-bond donors (Lipinski definition) is 2. The highest BCUT2D eigenvalue weighted by molar-refractivity contribution is 14.1. The van der Waals surface area contributed by atoms with Gasteiger partial charge in [-0.25, -0.2) is 0 Å². The molecule has 0 unspecified atom stereocenters. The van der Waals surface area contributed by atoms with Crippen molar-refractivity contribution in [3.63, 3.8) is 0 Å². The summed E-state index contributed by atoms with van der Waals surface area (Å²) in [6, 6.07) is 5.77. The zero-order valence-electron chi connectivity index (χ0n) is 7.60. The minimum atomic E-state index is -0.0384. The third-order valence-corrected chi connectivity index (χ3v) is 2.97. The predicted molar refractivity (Wildman–Crippen MR) is 69.4 cm³/mol. The molecule has 0 fully saturated rings. The van der Waals surface area contributed by atoms with Crippen LogP contribution in [-0.2, 0) is 4.79 Å². The van der Waals surface area contributed by atoms with Crippen molar-refractivity contribution >= 4 is 50.1 Å². The van der Waals surface area contributed by atoms with Crippen molar-refractivity contribution < 1.29 is 4.79 Å². The quantitative estimate of drug-likeness (QED) is 0.803. The Hall–Kier alpha value is -0.140. The van der Waals surface area contributed by atoms with Crippen LogP contribution in [0.2, 0.25) is 0 Å². The van der Waals surface area contributed by atoms with Crippen molar-refractivity contribution in [2.75, 3.05) is 18.9 Å². The Bertz CT molecular complexity index is 344. The molecule has 76 valence electrons. The van der Waals surface area contributed by atoms with E-state index in [1.165, 1.54) is 0 Å². The highest BCUT2D eigenvalue weighted by atomic mass is 127. The molecule has 0 bridgehead atoms. The molecule has 0 aliphatic carbocycles. The average Bonchev–Trinajstić information content (AvgIpc) is 2.12. The van der Waals surface area contributed by atoms with Crippen LogP contribution in [0.1, 0.15) is 0 Å². The Morgan fingerprint density at radius 2 is 2.29 bits per heavy atom. The van der Waals surface area contributed by atoms with Gasteiger partial charge in [-0.3, -0.25) is 4.79 Å². The van der Waals surface area contributed by atoms with E-state index >= 15 is 0 Å². The molecule has 1 rings (SSSR count). The average molecular weight is 369 g/mol. The van der Waals surface area contributed by atoms with Crippen LogP contribution in [0.25, 0.3) is 0 Å². The lowest BCUT2D eigenvalue weighted by Crippen LogP contribution is -2.25. The number of amides is 1. The van der Waals surface area contributed by atoms with Gasteiger partial charge in [0.1, 0.15) is 0 Å². The van der Waals surface area contributed by atoms with Gasteiger partial charge in [0, 0.05) is 8.04 Å². The van der Waals surface area contributed by atoms with Gasteiger partial charge in [-0.15, -0.1) is 0 Å². The number of rotatable bonds is 3. The van der Waals surface area contributed by atoms with Gasteiger partial charge in [0.2, 0.25) is 5.91 Å². The zero-order chi connectivity index (χ0) is 10.6. The van der Waals surface area contributed by atoms with Crippen molar-refractivity contribution in [1.82, 2.24) is 5.32 Å². The number of likely N-dealkylation sites (N-methyl/N-ethyl adjacent to an activating group) is 1. The first-order chi connectivity index (χ1) is 6.63. The fourth-order valence-corrected chi connectivity index (χ4v) is 1.78. The van der Waals surface area contributed by atoms with Gasteiger partial charge in [0.05, 0.1) is 12.2 Å². The molecular weight excluding hydrogens is 359 g/mol. The standard InChI is InChI=1S/C9H10BrIN2O/c1-12-5-9(14)13-8-4-6(10)2-3-7(8)11/h2-4,12H,5H2,1H3,(H,13,14). The third-order valence-electron chi connectivity index (χ3n) is 1.54. The van der Waals surface area contributed by atoms with Gasteiger partial charge in [0.15, 0.2) is 0 Å². The minimum absolute atomic E-state index is 0.0384. The predicted octanol–water partition coefficient (Wildman–Crippen LogP) is 2.21. The smallest absolute Gasteiger partial charge is 0.238 e. The Kier molecular flexibility index (Phi) is 4.83. The Balaban J connectivity index is 2.75. The largest absolute Gasteiger partial charge is 0.324 e. The van der Waals surface area contributed by atoms with Crippen LogP contribution in [0.3, 0.4) is 0 Å². The van der Waals surface area contributed by atoms with Crippen LogP contribution in [0, 0.1) is 3.57 Å². The molecule has 0 atom stereocenters. The number of carbonyl (C=O) groups is 1. The molecule has 1 aromatic carbocycles.